The lowest BCUT2D eigenvalue weighted by Gasteiger charge is -2.21. The third-order valence-electron chi connectivity index (χ3n) is 3.93. The zero-order chi connectivity index (χ0) is 14.5. The van der Waals surface area contributed by atoms with Gasteiger partial charge in [0.05, 0.1) is 12.6 Å². The van der Waals surface area contributed by atoms with Crippen molar-refractivity contribution in [3.05, 3.63) is 29.6 Å². The molecule has 1 heterocycles. The van der Waals surface area contributed by atoms with Crippen molar-refractivity contribution in [2.75, 3.05) is 6.61 Å². The molecule has 2 rings (SSSR count). The quantitative estimate of drug-likeness (QED) is 0.914. The largest absolute Gasteiger partial charge is 0.490 e. The van der Waals surface area contributed by atoms with E-state index in [1.54, 1.807) is 6.07 Å². The molecule has 0 bridgehead atoms. The van der Waals surface area contributed by atoms with Gasteiger partial charge in [-0.25, -0.2) is 4.39 Å². The van der Waals surface area contributed by atoms with E-state index in [2.05, 4.69) is 5.32 Å². The fourth-order valence-electron chi connectivity index (χ4n) is 2.67. The highest BCUT2D eigenvalue weighted by Crippen LogP contribution is 2.33. The van der Waals surface area contributed by atoms with Gasteiger partial charge in [-0.3, -0.25) is 4.79 Å². The minimum atomic E-state index is -0.355. The number of hydrogen-bond acceptors (Lipinski definition) is 2. The Labute approximate surface area is 119 Å². The Morgan fingerprint density at radius 3 is 2.90 bits per heavy atom. The van der Waals surface area contributed by atoms with Crippen LogP contribution in [0, 0.1) is 11.7 Å². The zero-order valence-corrected chi connectivity index (χ0v) is 12.1. The van der Waals surface area contributed by atoms with Crippen LogP contribution in [-0.4, -0.2) is 12.5 Å². The number of rotatable bonds is 4. The maximum absolute atomic E-state index is 13.8. The molecule has 0 aromatic heterocycles. The molecule has 3 nitrogen and oxygen atoms in total. The molecular weight excluding hydrogens is 257 g/mol. The van der Waals surface area contributed by atoms with Gasteiger partial charge in [-0.05, 0) is 31.7 Å². The monoisotopic (exact) mass is 279 g/mol. The van der Waals surface area contributed by atoms with E-state index in [1.807, 2.05) is 19.9 Å². The molecule has 0 saturated carbocycles. The average Bonchev–Trinajstić information content (AvgIpc) is 2.64. The summed E-state index contributed by atoms with van der Waals surface area (Å²) in [7, 11) is 0. The first kappa shape index (κ1) is 14.8. The number of nitrogens with one attached hydrogen (secondary N) is 1. The van der Waals surface area contributed by atoms with E-state index in [0.717, 1.165) is 31.2 Å². The molecule has 4 heteroatoms. The topological polar surface area (TPSA) is 38.3 Å². The van der Waals surface area contributed by atoms with Crippen molar-refractivity contribution in [1.29, 1.82) is 0 Å². The van der Waals surface area contributed by atoms with Crippen molar-refractivity contribution in [2.45, 2.75) is 45.6 Å². The highest BCUT2D eigenvalue weighted by molar-refractivity contribution is 5.79. The van der Waals surface area contributed by atoms with Crippen LogP contribution in [0.5, 0.6) is 5.75 Å². The SMILES string of the molecule is CCC(CC)C(=O)NC1CCCOc2c(F)cccc21. The Kier molecular flexibility index (Phi) is 4.99. The maximum Gasteiger partial charge on any atom is 0.223 e. The van der Waals surface area contributed by atoms with E-state index in [-0.39, 0.29) is 23.7 Å². The molecule has 1 aromatic carbocycles. The molecule has 1 atom stereocenters. The molecule has 1 aliphatic heterocycles. The van der Waals surface area contributed by atoms with Gasteiger partial charge in [-0.2, -0.15) is 0 Å². The summed E-state index contributed by atoms with van der Waals surface area (Å²) in [5.74, 6) is 0.0133. The van der Waals surface area contributed by atoms with E-state index in [4.69, 9.17) is 4.74 Å². The molecule has 1 aliphatic rings. The lowest BCUT2D eigenvalue weighted by Crippen LogP contribution is -2.33. The summed E-state index contributed by atoms with van der Waals surface area (Å²) >= 11 is 0. The standard InChI is InChI=1S/C16H22FNO2/c1-3-11(4-2)16(19)18-14-9-6-10-20-15-12(14)7-5-8-13(15)17/h5,7-8,11,14H,3-4,6,9-10H2,1-2H3,(H,18,19). The van der Waals surface area contributed by atoms with Crippen molar-refractivity contribution in [3.8, 4) is 5.75 Å². The normalized spacial score (nSPS) is 18.1. The summed E-state index contributed by atoms with van der Waals surface area (Å²) in [6.07, 6.45) is 3.23. The van der Waals surface area contributed by atoms with E-state index in [0.29, 0.717) is 12.4 Å². The van der Waals surface area contributed by atoms with Crippen molar-refractivity contribution in [2.24, 2.45) is 5.92 Å². The van der Waals surface area contributed by atoms with Crippen molar-refractivity contribution in [3.63, 3.8) is 0 Å². The first-order valence-corrected chi connectivity index (χ1v) is 7.38. The van der Waals surface area contributed by atoms with E-state index in [9.17, 15) is 9.18 Å². The Hall–Kier alpha value is -1.58. The van der Waals surface area contributed by atoms with Crippen LogP contribution in [-0.2, 0) is 4.79 Å². The minimum absolute atomic E-state index is 0.0242. The molecular formula is C16H22FNO2. The summed E-state index contributed by atoms with van der Waals surface area (Å²) in [6.45, 7) is 4.51. The van der Waals surface area contributed by atoms with Gasteiger partial charge in [0.1, 0.15) is 0 Å². The van der Waals surface area contributed by atoms with Gasteiger partial charge in [0, 0.05) is 11.5 Å². The molecule has 20 heavy (non-hydrogen) atoms. The number of para-hydroxylation sites is 1. The van der Waals surface area contributed by atoms with Crippen LogP contribution in [0.3, 0.4) is 0 Å². The third kappa shape index (κ3) is 3.11. The van der Waals surface area contributed by atoms with Gasteiger partial charge in [-0.15, -0.1) is 0 Å². The van der Waals surface area contributed by atoms with Crippen molar-refractivity contribution >= 4 is 5.91 Å². The van der Waals surface area contributed by atoms with Crippen molar-refractivity contribution in [1.82, 2.24) is 5.32 Å². The van der Waals surface area contributed by atoms with Gasteiger partial charge in [0.15, 0.2) is 11.6 Å². The summed E-state index contributed by atoms with van der Waals surface area (Å²) in [5.41, 5.74) is 0.752. The minimum Gasteiger partial charge on any atom is -0.490 e. The first-order chi connectivity index (χ1) is 9.67. The number of ether oxygens (including phenoxy) is 1. The van der Waals surface area contributed by atoms with E-state index >= 15 is 0 Å². The number of halogens is 1. The number of benzene rings is 1. The van der Waals surface area contributed by atoms with Crippen LogP contribution in [0.15, 0.2) is 18.2 Å². The fourth-order valence-corrected chi connectivity index (χ4v) is 2.67. The van der Waals surface area contributed by atoms with Gasteiger partial charge in [0.2, 0.25) is 5.91 Å². The molecule has 1 aromatic rings. The van der Waals surface area contributed by atoms with Crippen LogP contribution in [0.25, 0.3) is 0 Å². The Bertz CT molecular complexity index is 472. The van der Waals surface area contributed by atoms with Crippen LogP contribution in [0.1, 0.15) is 51.1 Å². The number of carbonyl (C=O) groups excluding carboxylic acids is 1. The fraction of sp³-hybridized carbons (Fsp3) is 0.562. The smallest absolute Gasteiger partial charge is 0.223 e. The molecule has 0 aliphatic carbocycles. The average molecular weight is 279 g/mol. The highest BCUT2D eigenvalue weighted by Gasteiger charge is 2.25. The maximum atomic E-state index is 13.8. The van der Waals surface area contributed by atoms with Gasteiger partial charge < -0.3 is 10.1 Å². The Morgan fingerprint density at radius 2 is 2.20 bits per heavy atom. The lowest BCUT2D eigenvalue weighted by atomic mass is 9.98. The predicted octanol–water partition coefficient (Wildman–Crippen LogP) is 3.59. The lowest BCUT2D eigenvalue weighted by molar-refractivity contribution is -0.126. The second-order valence-corrected chi connectivity index (χ2v) is 5.22. The molecule has 0 saturated heterocycles. The van der Waals surface area contributed by atoms with Crippen LogP contribution >= 0.6 is 0 Å². The molecule has 110 valence electrons. The second-order valence-electron chi connectivity index (χ2n) is 5.22. The third-order valence-corrected chi connectivity index (χ3v) is 3.93. The van der Waals surface area contributed by atoms with Crippen LogP contribution in [0.4, 0.5) is 4.39 Å². The molecule has 0 spiro atoms. The first-order valence-electron chi connectivity index (χ1n) is 7.38. The number of hydrogen-bond donors (Lipinski definition) is 1. The summed E-state index contributed by atoms with van der Waals surface area (Å²) < 4.78 is 19.3. The van der Waals surface area contributed by atoms with Crippen molar-refractivity contribution < 1.29 is 13.9 Å². The van der Waals surface area contributed by atoms with E-state index in [1.165, 1.54) is 6.07 Å². The van der Waals surface area contributed by atoms with Gasteiger partial charge in [-0.1, -0.05) is 26.0 Å². The van der Waals surface area contributed by atoms with E-state index < -0.39 is 0 Å². The molecule has 0 fully saturated rings. The molecule has 0 radical (unpaired) electrons. The Morgan fingerprint density at radius 1 is 1.45 bits per heavy atom. The highest BCUT2D eigenvalue weighted by atomic mass is 19.1. The summed E-state index contributed by atoms with van der Waals surface area (Å²) in [4.78, 5) is 12.2. The molecule has 1 amide bonds. The summed E-state index contributed by atoms with van der Waals surface area (Å²) in [5, 5.41) is 3.06. The number of carbonyl (C=O) groups is 1. The van der Waals surface area contributed by atoms with Crippen LogP contribution < -0.4 is 10.1 Å². The summed E-state index contributed by atoms with van der Waals surface area (Å²) in [6, 6.07) is 4.74. The van der Waals surface area contributed by atoms with Gasteiger partial charge >= 0.3 is 0 Å². The second kappa shape index (κ2) is 6.73. The number of amides is 1. The number of fused-ring (bicyclic) bond motifs is 1. The molecule has 1 unspecified atom stereocenters. The molecule has 1 N–H and O–H groups in total. The Balaban J connectivity index is 2.21. The predicted molar refractivity (Wildman–Crippen MR) is 76.1 cm³/mol. The van der Waals surface area contributed by atoms with Crippen LogP contribution in [0.2, 0.25) is 0 Å². The van der Waals surface area contributed by atoms with Gasteiger partial charge in [0.25, 0.3) is 0 Å². The zero-order valence-electron chi connectivity index (χ0n) is 12.1.